The van der Waals surface area contributed by atoms with Crippen LogP contribution < -0.4 is 10.6 Å². The number of nitrogens with one attached hydrogen (secondary N) is 2. The van der Waals surface area contributed by atoms with Crippen molar-refractivity contribution in [2.45, 2.75) is 27.2 Å². The molecule has 0 aliphatic heterocycles. The van der Waals surface area contributed by atoms with E-state index in [1.807, 2.05) is 20.8 Å². The van der Waals surface area contributed by atoms with Crippen molar-refractivity contribution in [2.24, 2.45) is 0 Å². The maximum atomic E-state index is 13.3. The summed E-state index contributed by atoms with van der Waals surface area (Å²) in [5.41, 5.74) is 2.69. The lowest BCUT2D eigenvalue weighted by Crippen LogP contribution is -2.08. The summed E-state index contributed by atoms with van der Waals surface area (Å²) < 4.78 is 13.3. The Hall–Kier alpha value is -2.17. The van der Waals surface area contributed by atoms with Crippen molar-refractivity contribution in [2.75, 3.05) is 17.2 Å². The Morgan fingerprint density at radius 2 is 1.90 bits per heavy atom. The van der Waals surface area contributed by atoms with Crippen molar-refractivity contribution in [1.82, 2.24) is 9.97 Å². The molecule has 4 nitrogen and oxygen atoms in total. The van der Waals surface area contributed by atoms with E-state index in [2.05, 4.69) is 20.6 Å². The predicted molar refractivity (Wildman–Crippen MR) is 80.0 cm³/mol. The molecule has 0 fully saturated rings. The van der Waals surface area contributed by atoms with Crippen molar-refractivity contribution in [3.63, 3.8) is 0 Å². The summed E-state index contributed by atoms with van der Waals surface area (Å²) in [6.07, 6.45) is 2.30. The van der Waals surface area contributed by atoms with Gasteiger partial charge in [-0.3, -0.25) is 0 Å². The molecule has 1 aromatic carbocycles. The standard InChI is InChI=1S/C15H19FN4/c1-4-12-14(17-5-2)18-9-19-15(12)20-13-8-11(16)7-6-10(13)3/h6-9H,4-5H2,1-3H3,(H2,17,18,19,20). The molecule has 20 heavy (non-hydrogen) atoms. The van der Waals surface area contributed by atoms with Gasteiger partial charge in [0, 0.05) is 17.8 Å². The van der Waals surface area contributed by atoms with E-state index in [1.165, 1.54) is 18.5 Å². The minimum absolute atomic E-state index is 0.267. The average molecular weight is 274 g/mol. The first-order valence-electron chi connectivity index (χ1n) is 6.76. The second-order valence-corrected chi connectivity index (χ2v) is 4.52. The molecule has 1 heterocycles. The van der Waals surface area contributed by atoms with Gasteiger partial charge in [-0.25, -0.2) is 14.4 Å². The topological polar surface area (TPSA) is 49.8 Å². The first kappa shape index (κ1) is 14.2. The summed E-state index contributed by atoms with van der Waals surface area (Å²) in [6, 6.07) is 4.67. The van der Waals surface area contributed by atoms with Gasteiger partial charge in [0.05, 0.1) is 0 Å². The fraction of sp³-hybridized carbons (Fsp3) is 0.333. The second-order valence-electron chi connectivity index (χ2n) is 4.52. The molecule has 2 N–H and O–H groups in total. The van der Waals surface area contributed by atoms with E-state index >= 15 is 0 Å². The number of hydrogen-bond donors (Lipinski definition) is 2. The highest BCUT2D eigenvalue weighted by Crippen LogP contribution is 2.26. The molecule has 2 rings (SSSR count). The number of benzene rings is 1. The molecule has 0 saturated carbocycles. The minimum Gasteiger partial charge on any atom is -0.370 e. The number of aromatic nitrogens is 2. The molecule has 0 aliphatic carbocycles. The summed E-state index contributed by atoms with van der Waals surface area (Å²) in [7, 11) is 0. The number of anilines is 3. The van der Waals surface area contributed by atoms with Gasteiger partial charge in [0.15, 0.2) is 0 Å². The lowest BCUT2D eigenvalue weighted by molar-refractivity contribution is 0.628. The number of hydrogen-bond acceptors (Lipinski definition) is 4. The Morgan fingerprint density at radius 1 is 1.15 bits per heavy atom. The zero-order chi connectivity index (χ0) is 14.5. The Kier molecular flexibility index (Phi) is 4.50. The van der Waals surface area contributed by atoms with Crippen LogP contribution in [0.4, 0.5) is 21.7 Å². The Morgan fingerprint density at radius 3 is 2.60 bits per heavy atom. The molecular formula is C15H19FN4. The molecule has 0 spiro atoms. The number of halogens is 1. The van der Waals surface area contributed by atoms with Gasteiger partial charge in [-0.1, -0.05) is 13.0 Å². The van der Waals surface area contributed by atoms with Gasteiger partial charge in [-0.05, 0) is 38.0 Å². The maximum absolute atomic E-state index is 13.3. The highest BCUT2D eigenvalue weighted by atomic mass is 19.1. The first-order valence-corrected chi connectivity index (χ1v) is 6.76. The van der Waals surface area contributed by atoms with Crippen LogP contribution >= 0.6 is 0 Å². The molecule has 1 aromatic heterocycles. The Labute approximate surface area is 118 Å². The smallest absolute Gasteiger partial charge is 0.139 e. The van der Waals surface area contributed by atoms with Gasteiger partial charge in [0.1, 0.15) is 23.8 Å². The van der Waals surface area contributed by atoms with Crippen LogP contribution in [-0.4, -0.2) is 16.5 Å². The summed E-state index contributed by atoms with van der Waals surface area (Å²) in [5.74, 6) is 1.27. The van der Waals surface area contributed by atoms with Crippen LogP contribution in [0.15, 0.2) is 24.5 Å². The molecule has 0 aliphatic rings. The number of aryl methyl sites for hydroxylation is 1. The van der Waals surface area contributed by atoms with E-state index < -0.39 is 0 Å². The molecule has 2 aromatic rings. The fourth-order valence-electron chi connectivity index (χ4n) is 2.03. The van der Waals surface area contributed by atoms with E-state index in [1.54, 1.807) is 6.07 Å². The van der Waals surface area contributed by atoms with Crippen LogP contribution in [0.25, 0.3) is 0 Å². The van der Waals surface area contributed by atoms with Gasteiger partial charge in [0.2, 0.25) is 0 Å². The fourth-order valence-corrected chi connectivity index (χ4v) is 2.03. The van der Waals surface area contributed by atoms with E-state index in [0.29, 0.717) is 5.82 Å². The van der Waals surface area contributed by atoms with E-state index in [4.69, 9.17) is 0 Å². The largest absolute Gasteiger partial charge is 0.370 e. The monoisotopic (exact) mass is 274 g/mol. The third-order valence-corrected chi connectivity index (χ3v) is 3.10. The zero-order valence-electron chi connectivity index (χ0n) is 12.0. The molecule has 0 radical (unpaired) electrons. The molecule has 5 heteroatoms. The van der Waals surface area contributed by atoms with Gasteiger partial charge >= 0.3 is 0 Å². The van der Waals surface area contributed by atoms with Crippen molar-refractivity contribution < 1.29 is 4.39 Å². The van der Waals surface area contributed by atoms with E-state index in [9.17, 15) is 4.39 Å². The van der Waals surface area contributed by atoms with Gasteiger partial charge in [0.25, 0.3) is 0 Å². The summed E-state index contributed by atoms with van der Waals surface area (Å²) in [6.45, 7) is 6.79. The molecule has 0 atom stereocenters. The minimum atomic E-state index is -0.267. The Bertz CT molecular complexity index is 598. The van der Waals surface area contributed by atoms with Crippen LogP contribution in [0, 0.1) is 12.7 Å². The molecule has 0 saturated heterocycles. The second kappa shape index (κ2) is 6.32. The first-order chi connectivity index (χ1) is 9.65. The van der Waals surface area contributed by atoms with Crippen molar-refractivity contribution in [3.8, 4) is 0 Å². The highest BCUT2D eigenvalue weighted by Gasteiger charge is 2.10. The molecule has 0 unspecified atom stereocenters. The third kappa shape index (κ3) is 3.04. The number of rotatable bonds is 5. The van der Waals surface area contributed by atoms with Gasteiger partial charge in [-0.2, -0.15) is 0 Å². The average Bonchev–Trinajstić information content (AvgIpc) is 2.43. The Balaban J connectivity index is 2.37. The van der Waals surface area contributed by atoms with Crippen molar-refractivity contribution in [1.29, 1.82) is 0 Å². The van der Waals surface area contributed by atoms with Gasteiger partial charge < -0.3 is 10.6 Å². The van der Waals surface area contributed by atoms with Crippen LogP contribution in [0.1, 0.15) is 25.0 Å². The SMILES string of the molecule is CCNc1ncnc(Nc2cc(F)ccc2C)c1CC. The van der Waals surface area contributed by atoms with Crippen molar-refractivity contribution >= 4 is 17.3 Å². The lowest BCUT2D eigenvalue weighted by Gasteiger charge is -2.15. The highest BCUT2D eigenvalue weighted by molar-refractivity contribution is 5.66. The quantitative estimate of drug-likeness (QED) is 0.873. The van der Waals surface area contributed by atoms with Gasteiger partial charge in [-0.15, -0.1) is 0 Å². The molecular weight excluding hydrogens is 255 g/mol. The van der Waals surface area contributed by atoms with Crippen LogP contribution in [0.2, 0.25) is 0 Å². The number of nitrogens with zero attached hydrogens (tertiary/aromatic N) is 2. The van der Waals surface area contributed by atoms with Crippen LogP contribution in [-0.2, 0) is 6.42 Å². The molecule has 106 valence electrons. The molecule has 0 bridgehead atoms. The molecule has 0 amide bonds. The normalized spacial score (nSPS) is 10.4. The van der Waals surface area contributed by atoms with Crippen molar-refractivity contribution in [3.05, 3.63) is 41.5 Å². The summed E-state index contributed by atoms with van der Waals surface area (Å²) in [5, 5.41) is 6.41. The van der Waals surface area contributed by atoms with Crippen LogP contribution in [0.3, 0.4) is 0 Å². The lowest BCUT2D eigenvalue weighted by atomic mass is 10.1. The van der Waals surface area contributed by atoms with E-state index in [0.717, 1.165) is 35.6 Å². The third-order valence-electron chi connectivity index (χ3n) is 3.10. The predicted octanol–water partition coefficient (Wildman–Crippen LogP) is 3.66. The maximum Gasteiger partial charge on any atom is 0.139 e. The van der Waals surface area contributed by atoms with Crippen LogP contribution in [0.5, 0.6) is 0 Å². The summed E-state index contributed by atoms with van der Waals surface area (Å²) in [4.78, 5) is 8.52. The van der Waals surface area contributed by atoms with E-state index in [-0.39, 0.29) is 5.82 Å². The zero-order valence-corrected chi connectivity index (χ0v) is 12.0. The summed E-state index contributed by atoms with van der Waals surface area (Å²) >= 11 is 0.